The molecule has 0 bridgehead atoms. The van der Waals surface area contributed by atoms with Gasteiger partial charge in [-0.2, -0.15) is 11.3 Å². The van der Waals surface area contributed by atoms with Crippen molar-refractivity contribution in [1.29, 1.82) is 0 Å². The Bertz CT molecular complexity index is 454. The Labute approximate surface area is 123 Å². The zero-order chi connectivity index (χ0) is 14.0. The highest BCUT2D eigenvalue weighted by Crippen LogP contribution is 2.30. The maximum atomic E-state index is 12.7. The molecule has 2 heterocycles. The van der Waals surface area contributed by atoms with Gasteiger partial charge in [-0.1, -0.05) is 19.3 Å². The average molecular weight is 294 g/mol. The van der Waals surface area contributed by atoms with E-state index in [1.807, 2.05) is 10.3 Å². The molecule has 1 saturated carbocycles. The Kier molecular flexibility index (Phi) is 4.10. The largest absolute Gasteiger partial charge is 0.370 e. The highest BCUT2D eigenvalue weighted by atomic mass is 32.1. The van der Waals surface area contributed by atoms with Gasteiger partial charge >= 0.3 is 0 Å². The molecule has 2 aliphatic rings. The normalized spacial score (nSPS) is 26.4. The van der Waals surface area contributed by atoms with E-state index in [1.165, 1.54) is 12.0 Å². The predicted octanol–water partition coefficient (Wildman–Crippen LogP) is 2.31. The molecule has 5 heteroatoms. The first-order valence-corrected chi connectivity index (χ1v) is 8.35. The van der Waals surface area contributed by atoms with E-state index in [-0.39, 0.29) is 12.0 Å². The molecule has 2 fully saturated rings. The van der Waals surface area contributed by atoms with Gasteiger partial charge in [-0.3, -0.25) is 4.79 Å². The van der Waals surface area contributed by atoms with Crippen LogP contribution in [0.15, 0.2) is 16.8 Å². The summed E-state index contributed by atoms with van der Waals surface area (Å²) < 4.78 is 5.79. The van der Waals surface area contributed by atoms with Crippen molar-refractivity contribution in [2.45, 2.75) is 43.7 Å². The lowest BCUT2D eigenvalue weighted by molar-refractivity contribution is -0.146. The van der Waals surface area contributed by atoms with Crippen LogP contribution in [0.5, 0.6) is 0 Å². The zero-order valence-corrected chi connectivity index (χ0v) is 12.5. The molecule has 1 aromatic rings. The van der Waals surface area contributed by atoms with Crippen LogP contribution in [0, 0.1) is 0 Å². The van der Waals surface area contributed by atoms with E-state index in [9.17, 15) is 4.79 Å². The lowest BCUT2D eigenvalue weighted by Crippen LogP contribution is -2.58. The summed E-state index contributed by atoms with van der Waals surface area (Å²) in [6.45, 7) is 1.90. The fourth-order valence-corrected chi connectivity index (χ4v) is 3.91. The Hall–Kier alpha value is -0.910. The minimum Gasteiger partial charge on any atom is -0.370 e. The predicted molar refractivity (Wildman–Crippen MR) is 79.6 cm³/mol. The summed E-state index contributed by atoms with van der Waals surface area (Å²) in [6.07, 6.45) is 5.00. The SMILES string of the molecule is NC1(C(=O)N2CCOC(c3ccsc3)C2)CCCCC1. The first-order valence-electron chi connectivity index (χ1n) is 7.41. The van der Waals surface area contributed by atoms with Gasteiger partial charge in [-0.05, 0) is 35.2 Å². The molecule has 1 aliphatic heterocycles. The first kappa shape index (κ1) is 14.0. The van der Waals surface area contributed by atoms with E-state index < -0.39 is 5.54 Å². The number of carbonyl (C=O) groups excluding carboxylic acids is 1. The van der Waals surface area contributed by atoms with Crippen LogP contribution in [0.3, 0.4) is 0 Å². The highest BCUT2D eigenvalue weighted by Gasteiger charge is 2.40. The van der Waals surface area contributed by atoms with Gasteiger partial charge in [-0.15, -0.1) is 0 Å². The molecule has 2 N–H and O–H groups in total. The van der Waals surface area contributed by atoms with E-state index in [4.69, 9.17) is 10.5 Å². The van der Waals surface area contributed by atoms with Gasteiger partial charge in [0.2, 0.25) is 5.91 Å². The molecule has 1 unspecified atom stereocenters. The topological polar surface area (TPSA) is 55.6 Å². The average Bonchev–Trinajstić information content (AvgIpc) is 3.02. The minimum absolute atomic E-state index is 0.00569. The van der Waals surface area contributed by atoms with Crippen LogP contribution >= 0.6 is 11.3 Å². The molecule has 4 nitrogen and oxygen atoms in total. The van der Waals surface area contributed by atoms with Gasteiger partial charge in [0.05, 0.1) is 18.7 Å². The van der Waals surface area contributed by atoms with Gasteiger partial charge in [-0.25, -0.2) is 0 Å². The second-order valence-corrected chi connectivity index (χ2v) is 6.66. The smallest absolute Gasteiger partial charge is 0.242 e. The summed E-state index contributed by atoms with van der Waals surface area (Å²) in [7, 11) is 0. The fraction of sp³-hybridized carbons (Fsp3) is 0.667. The number of rotatable bonds is 2. The van der Waals surface area contributed by atoms with Crippen molar-refractivity contribution >= 4 is 17.2 Å². The molecular formula is C15H22N2O2S. The molecule has 1 atom stereocenters. The van der Waals surface area contributed by atoms with Gasteiger partial charge in [0, 0.05) is 6.54 Å². The second kappa shape index (κ2) is 5.84. The molecule has 0 aromatic carbocycles. The number of nitrogens with zero attached hydrogens (tertiary/aromatic N) is 1. The molecule has 1 aliphatic carbocycles. The number of thiophene rings is 1. The Morgan fingerprint density at radius 3 is 2.90 bits per heavy atom. The number of carbonyl (C=O) groups is 1. The summed E-state index contributed by atoms with van der Waals surface area (Å²) in [6, 6.07) is 2.07. The van der Waals surface area contributed by atoms with Crippen LogP contribution < -0.4 is 5.73 Å². The van der Waals surface area contributed by atoms with Crippen molar-refractivity contribution in [3.8, 4) is 0 Å². The van der Waals surface area contributed by atoms with Crippen LogP contribution in [-0.2, 0) is 9.53 Å². The van der Waals surface area contributed by atoms with Crippen LogP contribution in [0.25, 0.3) is 0 Å². The molecule has 20 heavy (non-hydrogen) atoms. The quantitative estimate of drug-likeness (QED) is 0.910. The summed E-state index contributed by atoms with van der Waals surface area (Å²) in [5, 5.41) is 4.14. The summed E-state index contributed by atoms with van der Waals surface area (Å²) in [5.74, 6) is 0.126. The lowest BCUT2D eigenvalue weighted by atomic mass is 9.81. The van der Waals surface area contributed by atoms with Gasteiger partial charge in [0.25, 0.3) is 0 Å². The number of ether oxygens (including phenoxy) is 1. The fourth-order valence-electron chi connectivity index (χ4n) is 3.21. The summed E-state index contributed by atoms with van der Waals surface area (Å²) in [5.41, 5.74) is 6.91. The highest BCUT2D eigenvalue weighted by molar-refractivity contribution is 7.07. The molecule has 0 radical (unpaired) electrons. The van der Waals surface area contributed by atoms with Crippen LogP contribution in [0.4, 0.5) is 0 Å². The monoisotopic (exact) mass is 294 g/mol. The number of nitrogens with two attached hydrogens (primary N) is 1. The number of morpholine rings is 1. The standard InChI is InChI=1S/C15H22N2O2S/c16-15(5-2-1-3-6-15)14(18)17-7-8-19-13(10-17)12-4-9-20-11-12/h4,9,11,13H,1-3,5-8,10,16H2. The molecule has 1 saturated heterocycles. The van der Waals surface area contributed by atoms with Crippen LogP contribution in [-0.4, -0.2) is 36.0 Å². The van der Waals surface area contributed by atoms with E-state index in [2.05, 4.69) is 11.4 Å². The third-order valence-corrected chi connectivity index (χ3v) is 5.14. The van der Waals surface area contributed by atoms with Crippen molar-refractivity contribution in [2.75, 3.05) is 19.7 Å². The number of amides is 1. The van der Waals surface area contributed by atoms with E-state index >= 15 is 0 Å². The Morgan fingerprint density at radius 2 is 2.20 bits per heavy atom. The molecule has 110 valence electrons. The van der Waals surface area contributed by atoms with E-state index in [0.29, 0.717) is 19.7 Å². The molecule has 0 spiro atoms. The van der Waals surface area contributed by atoms with Crippen molar-refractivity contribution in [1.82, 2.24) is 4.90 Å². The van der Waals surface area contributed by atoms with Crippen molar-refractivity contribution < 1.29 is 9.53 Å². The molecular weight excluding hydrogens is 272 g/mol. The molecule has 3 rings (SSSR count). The third-order valence-electron chi connectivity index (χ3n) is 4.44. The third kappa shape index (κ3) is 2.75. The van der Waals surface area contributed by atoms with Crippen molar-refractivity contribution in [2.24, 2.45) is 5.73 Å². The Balaban J connectivity index is 1.68. The maximum absolute atomic E-state index is 12.7. The maximum Gasteiger partial charge on any atom is 0.242 e. The Morgan fingerprint density at radius 1 is 1.40 bits per heavy atom. The zero-order valence-electron chi connectivity index (χ0n) is 11.7. The van der Waals surface area contributed by atoms with Crippen LogP contribution in [0.1, 0.15) is 43.8 Å². The summed E-state index contributed by atoms with van der Waals surface area (Å²) in [4.78, 5) is 14.7. The van der Waals surface area contributed by atoms with Crippen molar-refractivity contribution in [3.05, 3.63) is 22.4 Å². The number of hydrogen-bond acceptors (Lipinski definition) is 4. The van der Waals surface area contributed by atoms with Gasteiger partial charge < -0.3 is 15.4 Å². The number of hydrogen-bond donors (Lipinski definition) is 1. The summed E-state index contributed by atoms with van der Waals surface area (Å²) >= 11 is 1.66. The first-order chi connectivity index (χ1) is 9.69. The second-order valence-electron chi connectivity index (χ2n) is 5.88. The van der Waals surface area contributed by atoms with Crippen molar-refractivity contribution in [3.63, 3.8) is 0 Å². The van der Waals surface area contributed by atoms with E-state index in [1.54, 1.807) is 11.3 Å². The van der Waals surface area contributed by atoms with Gasteiger partial charge in [0.1, 0.15) is 6.10 Å². The molecule has 1 aromatic heterocycles. The lowest BCUT2D eigenvalue weighted by Gasteiger charge is -2.40. The van der Waals surface area contributed by atoms with E-state index in [0.717, 1.165) is 25.7 Å². The van der Waals surface area contributed by atoms with Gasteiger partial charge in [0.15, 0.2) is 0 Å². The molecule has 1 amide bonds. The minimum atomic E-state index is -0.630. The van der Waals surface area contributed by atoms with Crippen LogP contribution in [0.2, 0.25) is 0 Å².